The minimum Gasteiger partial charge on any atom is -0.481 e. The van der Waals surface area contributed by atoms with E-state index in [2.05, 4.69) is 36.6 Å². The first kappa shape index (κ1) is 17.6. The number of carboxylic acids is 1. The molecule has 1 aromatic rings. The smallest absolute Gasteiger partial charge is 0.306 e. The quantitative estimate of drug-likeness (QED) is 0.654. The van der Waals surface area contributed by atoms with E-state index in [9.17, 15) is 13.2 Å². The molecule has 0 bridgehead atoms. The molecule has 0 aliphatic heterocycles. The number of benzene rings is 1. The van der Waals surface area contributed by atoms with Gasteiger partial charge in [0, 0.05) is 15.5 Å². The summed E-state index contributed by atoms with van der Waals surface area (Å²) in [4.78, 5) is 10.8. The number of hydrogen-bond donors (Lipinski definition) is 2. The summed E-state index contributed by atoms with van der Waals surface area (Å²) in [6, 6.07) is 4.79. The molecule has 0 fully saturated rings. The van der Waals surface area contributed by atoms with E-state index in [4.69, 9.17) is 5.11 Å². The van der Waals surface area contributed by atoms with Gasteiger partial charge in [0.05, 0.1) is 10.8 Å². The van der Waals surface area contributed by atoms with Gasteiger partial charge in [-0.1, -0.05) is 22.9 Å². The molecule has 0 aromatic heterocycles. The number of sulfonamides is 1. The number of nitrogens with one attached hydrogen (secondary N) is 1. The van der Waals surface area contributed by atoms with Gasteiger partial charge in [-0.15, -0.1) is 0 Å². The summed E-state index contributed by atoms with van der Waals surface area (Å²) in [5.74, 6) is -1.34. The average Bonchev–Trinajstić information content (AvgIpc) is 2.33. The lowest BCUT2D eigenvalue weighted by Crippen LogP contribution is -2.25. The van der Waals surface area contributed by atoms with Crippen molar-refractivity contribution in [3.8, 4) is 0 Å². The van der Waals surface area contributed by atoms with Crippen LogP contribution in [0.5, 0.6) is 0 Å². The van der Waals surface area contributed by atoms with Crippen LogP contribution in [0.15, 0.2) is 32.0 Å². The summed E-state index contributed by atoms with van der Waals surface area (Å²) < 4.78 is 27.9. The molecule has 20 heavy (non-hydrogen) atoms. The lowest BCUT2D eigenvalue weighted by molar-refractivity contribution is -0.141. The summed E-state index contributed by atoms with van der Waals surface area (Å²) in [5.41, 5.74) is 0. The predicted octanol–water partition coefficient (Wildman–Crippen LogP) is 2.99. The van der Waals surface area contributed by atoms with Crippen molar-refractivity contribution in [3.05, 3.63) is 27.1 Å². The van der Waals surface area contributed by atoms with Gasteiger partial charge in [-0.2, -0.15) is 0 Å². The molecule has 8 heteroatoms. The van der Waals surface area contributed by atoms with Crippen LogP contribution < -0.4 is 4.72 Å². The number of carbonyl (C=O) groups is 1. The number of halogens is 2. The Morgan fingerprint density at radius 2 is 2.05 bits per heavy atom. The number of rotatable bonds is 7. The Morgan fingerprint density at radius 1 is 1.40 bits per heavy atom. The van der Waals surface area contributed by atoms with Gasteiger partial charge in [0.2, 0.25) is 10.0 Å². The van der Waals surface area contributed by atoms with E-state index in [1.165, 1.54) is 6.07 Å². The Kier molecular flexibility index (Phi) is 6.63. The molecular formula is C12H15Br2NO4S. The number of carboxylic acid groups (broad SMARTS) is 1. The highest BCUT2D eigenvalue weighted by Gasteiger charge is 2.17. The van der Waals surface area contributed by atoms with E-state index in [-0.39, 0.29) is 11.4 Å². The van der Waals surface area contributed by atoms with E-state index >= 15 is 0 Å². The molecule has 0 amide bonds. The molecule has 1 aromatic carbocycles. The van der Waals surface area contributed by atoms with Crippen LogP contribution >= 0.6 is 31.9 Å². The van der Waals surface area contributed by atoms with Crippen molar-refractivity contribution in [2.75, 3.05) is 6.54 Å². The van der Waals surface area contributed by atoms with Crippen LogP contribution in [0.1, 0.15) is 19.8 Å². The molecule has 1 atom stereocenters. The second-order valence-electron chi connectivity index (χ2n) is 4.35. The molecule has 5 nitrogen and oxygen atoms in total. The fourth-order valence-corrected chi connectivity index (χ4v) is 4.33. The van der Waals surface area contributed by atoms with Crippen molar-refractivity contribution in [1.29, 1.82) is 0 Å². The van der Waals surface area contributed by atoms with E-state index < -0.39 is 21.9 Å². The topological polar surface area (TPSA) is 83.5 Å². The van der Waals surface area contributed by atoms with Crippen LogP contribution in [0, 0.1) is 5.92 Å². The highest BCUT2D eigenvalue weighted by Crippen LogP contribution is 2.25. The van der Waals surface area contributed by atoms with Crippen LogP contribution in [-0.2, 0) is 14.8 Å². The fraction of sp³-hybridized carbons (Fsp3) is 0.417. The van der Waals surface area contributed by atoms with E-state index in [1.54, 1.807) is 19.1 Å². The van der Waals surface area contributed by atoms with E-state index in [1.807, 2.05) is 0 Å². The Balaban J connectivity index is 2.60. The first-order valence-electron chi connectivity index (χ1n) is 5.91. The summed E-state index contributed by atoms with van der Waals surface area (Å²) in [6.45, 7) is 1.81. The van der Waals surface area contributed by atoms with Gasteiger partial charge in [-0.3, -0.25) is 4.79 Å². The molecule has 1 unspecified atom stereocenters. The zero-order valence-electron chi connectivity index (χ0n) is 10.8. The highest BCUT2D eigenvalue weighted by atomic mass is 79.9. The van der Waals surface area contributed by atoms with Gasteiger partial charge >= 0.3 is 5.97 Å². The second-order valence-corrected chi connectivity index (χ2v) is 7.86. The van der Waals surface area contributed by atoms with Gasteiger partial charge in [0.1, 0.15) is 0 Å². The zero-order chi connectivity index (χ0) is 15.3. The van der Waals surface area contributed by atoms with E-state index in [0.717, 1.165) is 4.47 Å². The van der Waals surface area contributed by atoms with Crippen molar-refractivity contribution >= 4 is 47.9 Å². The molecule has 2 N–H and O–H groups in total. The van der Waals surface area contributed by atoms with Gasteiger partial charge < -0.3 is 5.11 Å². The fourth-order valence-electron chi connectivity index (χ4n) is 1.51. The predicted molar refractivity (Wildman–Crippen MR) is 83.1 cm³/mol. The minimum absolute atomic E-state index is 0.159. The van der Waals surface area contributed by atoms with Gasteiger partial charge in [-0.25, -0.2) is 13.1 Å². The zero-order valence-corrected chi connectivity index (χ0v) is 14.8. The largest absolute Gasteiger partial charge is 0.481 e. The van der Waals surface area contributed by atoms with Gasteiger partial charge in [0.15, 0.2) is 0 Å². The molecule has 0 heterocycles. The maximum atomic E-state index is 12.1. The monoisotopic (exact) mass is 427 g/mol. The molecule has 112 valence electrons. The highest BCUT2D eigenvalue weighted by molar-refractivity contribution is 9.11. The van der Waals surface area contributed by atoms with Crippen LogP contribution in [0.2, 0.25) is 0 Å². The van der Waals surface area contributed by atoms with Crippen LogP contribution in [-0.4, -0.2) is 26.0 Å². The van der Waals surface area contributed by atoms with Crippen molar-refractivity contribution in [1.82, 2.24) is 4.72 Å². The third-order valence-electron chi connectivity index (χ3n) is 2.71. The van der Waals surface area contributed by atoms with Gasteiger partial charge in [0.25, 0.3) is 0 Å². The standard InChI is InChI=1S/C12H15Br2NO4S/c1-8(12(16)17)3-2-6-15-20(18,19)11-5-4-9(13)7-10(11)14/h4-5,7-8,15H,2-3,6H2,1H3,(H,16,17). The lowest BCUT2D eigenvalue weighted by Gasteiger charge is -2.10. The third-order valence-corrected chi connectivity index (χ3v) is 5.64. The van der Waals surface area contributed by atoms with Crippen LogP contribution in [0.3, 0.4) is 0 Å². The first-order valence-corrected chi connectivity index (χ1v) is 8.98. The Bertz CT molecular complexity index is 589. The molecule has 0 spiro atoms. The van der Waals surface area contributed by atoms with Crippen molar-refractivity contribution < 1.29 is 18.3 Å². The lowest BCUT2D eigenvalue weighted by atomic mass is 10.1. The van der Waals surface area contributed by atoms with Crippen molar-refractivity contribution in [2.45, 2.75) is 24.7 Å². The first-order chi connectivity index (χ1) is 9.24. The molecule has 0 aliphatic rings. The summed E-state index contributed by atoms with van der Waals surface area (Å²) in [6.07, 6.45) is 0.903. The summed E-state index contributed by atoms with van der Waals surface area (Å²) >= 11 is 6.46. The number of aliphatic carboxylic acids is 1. The molecule has 0 saturated carbocycles. The summed E-state index contributed by atoms with van der Waals surface area (Å²) in [5, 5.41) is 8.73. The maximum Gasteiger partial charge on any atom is 0.306 e. The van der Waals surface area contributed by atoms with Gasteiger partial charge in [-0.05, 0) is 47.0 Å². The van der Waals surface area contributed by atoms with Crippen LogP contribution in [0.25, 0.3) is 0 Å². The van der Waals surface area contributed by atoms with Crippen molar-refractivity contribution in [2.24, 2.45) is 5.92 Å². The third kappa shape index (κ3) is 5.16. The maximum absolute atomic E-state index is 12.1. The Morgan fingerprint density at radius 3 is 2.60 bits per heavy atom. The molecule has 1 rings (SSSR count). The van der Waals surface area contributed by atoms with Crippen LogP contribution in [0.4, 0.5) is 0 Å². The summed E-state index contributed by atoms with van der Waals surface area (Å²) in [7, 11) is -3.59. The Hall–Kier alpha value is -0.440. The molecule has 0 saturated heterocycles. The SMILES string of the molecule is CC(CCCNS(=O)(=O)c1ccc(Br)cc1Br)C(=O)O. The molecule has 0 radical (unpaired) electrons. The van der Waals surface area contributed by atoms with E-state index in [0.29, 0.717) is 17.3 Å². The second kappa shape index (κ2) is 7.53. The molecular weight excluding hydrogens is 414 g/mol. The van der Waals surface area contributed by atoms with Crippen molar-refractivity contribution in [3.63, 3.8) is 0 Å². The molecule has 0 aliphatic carbocycles. The Labute approximate surface area is 135 Å². The minimum atomic E-state index is -3.59. The number of hydrogen-bond acceptors (Lipinski definition) is 3. The average molecular weight is 429 g/mol. The normalized spacial score (nSPS) is 13.2.